The van der Waals surface area contributed by atoms with Crippen LogP contribution in [0.25, 0.3) is 0 Å². The summed E-state index contributed by atoms with van der Waals surface area (Å²) in [6.45, 7) is 6.04. The molecule has 2 aromatic rings. The van der Waals surface area contributed by atoms with Gasteiger partial charge in [0.05, 0.1) is 38.3 Å². The van der Waals surface area contributed by atoms with Gasteiger partial charge in [0.25, 0.3) is 0 Å². The summed E-state index contributed by atoms with van der Waals surface area (Å²) in [6.07, 6.45) is 5.78. The van der Waals surface area contributed by atoms with Gasteiger partial charge in [0, 0.05) is 43.0 Å². The molecular formula is C26H32N4O5. The van der Waals surface area contributed by atoms with Gasteiger partial charge in [-0.1, -0.05) is 6.08 Å². The number of piperidine rings is 1. The smallest absolute Gasteiger partial charge is 0.325 e. The predicted molar refractivity (Wildman–Crippen MR) is 131 cm³/mol. The number of aryl methyl sites for hydroxylation is 1. The zero-order chi connectivity index (χ0) is 24.7. The maximum Gasteiger partial charge on any atom is 0.325 e. The van der Waals surface area contributed by atoms with Gasteiger partial charge in [-0.25, -0.2) is 9.59 Å². The van der Waals surface area contributed by atoms with Crippen LogP contribution in [0.2, 0.25) is 0 Å². The molecular weight excluding hydrogens is 448 g/mol. The molecule has 0 unspecified atom stereocenters. The van der Waals surface area contributed by atoms with E-state index in [0.717, 1.165) is 22.6 Å². The van der Waals surface area contributed by atoms with Gasteiger partial charge in [-0.15, -0.1) is 0 Å². The summed E-state index contributed by atoms with van der Waals surface area (Å²) < 4.78 is 16.4. The molecule has 35 heavy (non-hydrogen) atoms. The number of hydrogen-bond donors (Lipinski definition) is 1. The Morgan fingerprint density at radius 2 is 1.97 bits per heavy atom. The van der Waals surface area contributed by atoms with Crippen molar-refractivity contribution in [2.75, 3.05) is 39.2 Å². The fourth-order valence-corrected chi connectivity index (χ4v) is 5.74. The Labute approximate surface area is 205 Å². The van der Waals surface area contributed by atoms with Crippen molar-refractivity contribution in [2.24, 2.45) is 0 Å². The topological polar surface area (TPSA) is 87.5 Å². The highest BCUT2D eigenvalue weighted by Crippen LogP contribution is 2.46. The minimum Gasteiger partial charge on any atom is -0.497 e. The van der Waals surface area contributed by atoms with Crippen LogP contribution in [-0.4, -0.2) is 66.2 Å². The van der Waals surface area contributed by atoms with E-state index in [1.807, 2.05) is 40.7 Å². The van der Waals surface area contributed by atoms with E-state index in [0.29, 0.717) is 62.6 Å². The van der Waals surface area contributed by atoms with Gasteiger partial charge in [-0.05, 0) is 44.7 Å². The highest BCUT2D eigenvalue weighted by atomic mass is 16.5. The minimum atomic E-state index is -0.423. The molecule has 0 atom stereocenters. The lowest BCUT2D eigenvalue weighted by molar-refractivity contribution is 0.106. The van der Waals surface area contributed by atoms with E-state index >= 15 is 0 Å². The number of nitrogens with one attached hydrogen (secondary N) is 1. The Morgan fingerprint density at radius 3 is 2.60 bits per heavy atom. The summed E-state index contributed by atoms with van der Waals surface area (Å²) >= 11 is 0. The van der Waals surface area contributed by atoms with Crippen LogP contribution in [-0.2, 0) is 13.0 Å². The van der Waals surface area contributed by atoms with Gasteiger partial charge < -0.3 is 29.0 Å². The molecule has 186 valence electrons. The van der Waals surface area contributed by atoms with Crippen LogP contribution in [0.1, 0.15) is 36.7 Å². The second kappa shape index (κ2) is 8.87. The maximum absolute atomic E-state index is 13.6. The summed E-state index contributed by atoms with van der Waals surface area (Å²) in [5, 5.41) is 2.94. The van der Waals surface area contributed by atoms with Crippen molar-refractivity contribution in [3.8, 4) is 11.5 Å². The van der Waals surface area contributed by atoms with Gasteiger partial charge in [-0.3, -0.25) is 4.90 Å². The summed E-state index contributed by atoms with van der Waals surface area (Å²) in [7, 11) is 3.29. The number of urea groups is 2. The molecule has 2 fully saturated rings. The molecule has 1 N–H and O–H groups in total. The first-order valence-electron chi connectivity index (χ1n) is 12.1. The molecule has 0 aliphatic carbocycles. The molecule has 1 aromatic heterocycles. The van der Waals surface area contributed by atoms with Gasteiger partial charge in [-0.2, -0.15) is 0 Å². The highest BCUT2D eigenvalue weighted by Gasteiger charge is 2.54. The van der Waals surface area contributed by atoms with Crippen molar-refractivity contribution < 1.29 is 23.5 Å². The lowest BCUT2D eigenvalue weighted by Crippen LogP contribution is -2.55. The van der Waals surface area contributed by atoms with Crippen molar-refractivity contribution in [3.63, 3.8) is 0 Å². The maximum atomic E-state index is 13.6. The third kappa shape index (κ3) is 3.69. The number of allylic oxidation sites excluding steroid dienone is 1. The Balaban J connectivity index is 1.41. The number of carbonyl (C=O) groups is 2. The van der Waals surface area contributed by atoms with E-state index in [4.69, 9.17) is 13.9 Å². The number of fused-ring (bicyclic) bond motifs is 3. The van der Waals surface area contributed by atoms with Crippen LogP contribution in [0.3, 0.4) is 0 Å². The largest absolute Gasteiger partial charge is 0.497 e. The second-order valence-corrected chi connectivity index (χ2v) is 9.21. The molecule has 3 aliphatic heterocycles. The van der Waals surface area contributed by atoms with Gasteiger partial charge >= 0.3 is 12.1 Å². The second-order valence-electron chi connectivity index (χ2n) is 9.21. The molecule has 4 heterocycles. The molecule has 0 bridgehead atoms. The van der Waals surface area contributed by atoms with E-state index < -0.39 is 5.54 Å². The number of carbonyl (C=O) groups excluding carboxylic acids is 2. The summed E-state index contributed by atoms with van der Waals surface area (Å²) in [4.78, 5) is 32.2. The molecule has 0 saturated carbocycles. The number of benzene rings is 1. The fourth-order valence-electron chi connectivity index (χ4n) is 5.74. The quantitative estimate of drug-likeness (QED) is 0.702. The highest BCUT2D eigenvalue weighted by molar-refractivity contribution is 5.90. The molecule has 2 saturated heterocycles. The normalized spacial score (nSPS) is 18.7. The summed E-state index contributed by atoms with van der Waals surface area (Å²) in [5.41, 5.74) is 3.40. The van der Waals surface area contributed by atoms with Crippen molar-refractivity contribution in [2.45, 2.75) is 45.2 Å². The zero-order valence-electron chi connectivity index (χ0n) is 20.7. The van der Waals surface area contributed by atoms with Crippen LogP contribution in [0.5, 0.6) is 11.5 Å². The molecule has 0 radical (unpaired) electrons. The minimum absolute atomic E-state index is 0.0142. The van der Waals surface area contributed by atoms with Gasteiger partial charge in [0.1, 0.15) is 17.3 Å². The van der Waals surface area contributed by atoms with E-state index in [2.05, 4.69) is 11.4 Å². The number of likely N-dealkylation sites (tertiary alicyclic amines) is 1. The Hall–Kier alpha value is -3.62. The van der Waals surface area contributed by atoms with Crippen molar-refractivity contribution in [1.29, 1.82) is 0 Å². The first-order valence-corrected chi connectivity index (χ1v) is 12.1. The molecule has 3 aliphatic rings. The average molecular weight is 481 g/mol. The third-order valence-corrected chi connectivity index (χ3v) is 7.60. The number of amides is 4. The standard InChI is InChI=1S/C26H32N4O5/c1-5-30-25(32)29-16-18-14-19(33-3)15-22(34-4)20(18)6-7-23(29)26(30)9-11-28(12-10-26)24(31)27-21-8-13-35-17(21)2/h7-8,13-15H,5-6,9-12,16H2,1-4H3,(H,27,31). The Bertz CT molecular complexity index is 1180. The lowest BCUT2D eigenvalue weighted by Gasteiger charge is -2.44. The SMILES string of the molecule is CCN1C(=O)N2Cc3cc(OC)cc(OC)c3CC=C2C12CCN(C(=O)Nc1ccoc1C)CC2. The third-order valence-electron chi connectivity index (χ3n) is 7.60. The Kier molecular flexibility index (Phi) is 5.86. The number of nitrogens with zero attached hydrogens (tertiary/aromatic N) is 3. The van der Waals surface area contributed by atoms with Crippen molar-refractivity contribution in [1.82, 2.24) is 14.7 Å². The van der Waals surface area contributed by atoms with Crippen LogP contribution in [0.15, 0.2) is 40.7 Å². The molecule has 1 aromatic carbocycles. The first kappa shape index (κ1) is 23.1. The van der Waals surface area contributed by atoms with Gasteiger partial charge in [0.2, 0.25) is 0 Å². The number of ether oxygens (including phenoxy) is 2. The molecule has 9 nitrogen and oxygen atoms in total. The van der Waals surface area contributed by atoms with Crippen LogP contribution in [0, 0.1) is 6.92 Å². The number of rotatable bonds is 4. The van der Waals surface area contributed by atoms with Crippen LogP contribution >= 0.6 is 0 Å². The number of likely N-dealkylation sites (N-methyl/N-ethyl adjacent to an activating group) is 1. The van der Waals surface area contributed by atoms with Gasteiger partial charge in [0.15, 0.2) is 0 Å². The fraction of sp³-hybridized carbons (Fsp3) is 0.462. The Morgan fingerprint density at radius 1 is 1.20 bits per heavy atom. The number of furan rings is 1. The van der Waals surface area contributed by atoms with Crippen LogP contribution < -0.4 is 14.8 Å². The summed E-state index contributed by atoms with van der Waals surface area (Å²) in [5.74, 6) is 2.16. The van der Waals surface area contributed by atoms with Crippen molar-refractivity contribution in [3.05, 3.63) is 53.1 Å². The van der Waals surface area contributed by atoms with E-state index in [9.17, 15) is 9.59 Å². The van der Waals surface area contributed by atoms with E-state index in [1.54, 1.807) is 26.5 Å². The summed E-state index contributed by atoms with van der Waals surface area (Å²) in [6, 6.07) is 5.51. The average Bonchev–Trinajstić information content (AvgIpc) is 3.26. The lowest BCUT2D eigenvalue weighted by atomic mass is 9.83. The molecule has 4 amide bonds. The predicted octanol–water partition coefficient (Wildman–Crippen LogP) is 4.37. The monoisotopic (exact) mass is 480 g/mol. The number of hydrogen-bond acceptors (Lipinski definition) is 5. The zero-order valence-corrected chi connectivity index (χ0v) is 20.7. The number of anilines is 1. The van der Waals surface area contributed by atoms with Crippen molar-refractivity contribution >= 4 is 17.7 Å². The first-order chi connectivity index (χ1) is 16.9. The van der Waals surface area contributed by atoms with Crippen LogP contribution in [0.4, 0.5) is 15.3 Å². The molecule has 9 heteroatoms. The number of methoxy groups -OCH3 is 2. The van der Waals surface area contributed by atoms with E-state index in [1.165, 1.54) is 0 Å². The molecule has 1 spiro atoms. The van der Waals surface area contributed by atoms with E-state index in [-0.39, 0.29) is 12.1 Å². The molecule has 5 rings (SSSR count).